The largest absolute Gasteiger partial charge is 0.385 e. The molecule has 13 heavy (non-hydrogen) atoms. The van der Waals surface area contributed by atoms with E-state index in [0.717, 1.165) is 18.4 Å². The Morgan fingerprint density at radius 3 is 2.92 bits per heavy atom. The molecule has 2 atom stereocenters. The second-order valence-electron chi connectivity index (χ2n) is 4.34. The molecule has 2 unspecified atom stereocenters. The number of allylic oxidation sites excluding steroid dienone is 2. The van der Waals surface area contributed by atoms with E-state index in [1.165, 1.54) is 25.7 Å². The number of ether oxygens (including phenoxy) is 1. The Balaban J connectivity index is 2.28. The molecular weight excluding hydrogens is 160 g/mol. The summed E-state index contributed by atoms with van der Waals surface area (Å²) in [7, 11) is 1.79. The van der Waals surface area contributed by atoms with Gasteiger partial charge in [-0.2, -0.15) is 0 Å². The van der Waals surface area contributed by atoms with Crippen molar-refractivity contribution < 1.29 is 4.74 Å². The van der Waals surface area contributed by atoms with Crippen molar-refractivity contribution in [1.82, 2.24) is 0 Å². The van der Waals surface area contributed by atoms with E-state index in [9.17, 15) is 0 Å². The van der Waals surface area contributed by atoms with Gasteiger partial charge in [0.2, 0.25) is 0 Å². The third-order valence-corrected chi connectivity index (χ3v) is 3.26. The van der Waals surface area contributed by atoms with Crippen LogP contribution in [0.1, 0.15) is 39.5 Å². The lowest BCUT2D eigenvalue weighted by Crippen LogP contribution is -2.15. The van der Waals surface area contributed by atoms with Crippen molar-refractivity contribution in [3.05, 3.63) is 11.6 Å². The SMILES string of the molecule is COCCC(C)C1CC=C(C)CC1. The summed E-state index contributed by atoms with van der Waals surface area (Å²) < 4.78 is 5.11. The number of hydrogen-bond donors (Lipinski definition) is 0. The van der Waals surface area contributed by atoms with Crippen LogP contribution in [-0.4, -0.2) is 13.7 Å². The van der Waals surface area contributed by atoms with Gasteiger partial charge in [0.15, 0.2) is 0 Å². The molecule has 0 amide bonds. The highest BCUT2D eigenvalue weighted by atomic mass is 16.5. The Hall–Kier alpha value is -0.300. The van der Waals surface area contributed by atoms with Crippen molar-refractivity contribution >= 4 is 0 Å². The number of hydrogen-bond acceptors (Lipinski definition) is 1. The lowest BCUT2D eigenvalue weighted by molar-refractivity contribution is 0.162. The summed E-state index contributed by atoms with van der Waals surface area (Å²) in [5.41, 5.74) is 1.58. The fraction of sp³-hybridized carbons (Fsp3) is 0.833. The van der Waals surface area contributed by atoms with Crippen molar-refractivity contribution in [2.75, 3.05) is 13.7 Å². The van der Waals surface area contributed by atoms with Gasteiger partial charge in [0.25, 0.3) is 0 Å². The van der Waals surface area contributed by atoms with Crippen LogP contribution in [0.3, 0.4) is 0 Å². The summed E-state index contributed by atoms with van der Waals surface area (Å²) in [6.45, 7) is 5.52. The predicted molar refractivity (Wildman–Crippen MR) is 56.8 cm³/mol. The molecule has 0 aromatic heterocycles. The van der Waals surface area contributed by atoms with Gasteiger partial charge >= 0.3 is 0 Å². The van der Waals surface area contributed by atoms with E-state index in [0.29, 0.717) is 0 Å². The van der Waals surface area contributed by atoms with Crippen LogP contribution in [-0.2, 0) is 4.74 Å². The Labute approximate surface area is 82.2 Å². The van der Waals surface area contributed by atoms with E-state index in [1.54, 1.807) is 12.7 Å². The van der Waals surface area contributed by atoms with Gasteiger partial charge in [-0.15, -0.1) is 0 Å². The first-order valence-corrected chi connectivity index (χ1v) is 5.38. The highest BCUT2D eigenvalue weighted by Crippen LogP contribution is 2.30. The molecule has 1 aliphatic rings. The average Bonchev–Trinajstić information content (AvgIpc) is 2.15. The van der Waals surface area contributed by atoms with Crippen LogP contribution in [0.2, 0.25) is 0 Å². The highest BCUT2D eigenvalue weighted by molar-refractivity contribution is 5.03. The van der Waals surface area contributed by atoms with E-state index in [1.807, 2.05) is 0 Å². The lowest BCUT2D eigenvalue weighted by atomic mass is 9.80. The number of methoxy groups -OCH3 is 1. The van der Waals surface area contributed by atoms with Crippen LogP contribution in [0, 0.1) is 11.8 Å². The second-order valence-corrected chi connectivity index (χ2v) is 4.34. The van der Waals surface area contributed by atoms with Crippen molar-refractivity contribution in [1.29, 1.82) is 0 Å². The van der Waals surface area contributed by atoms with Gasteiger partial charge in [-0.05, 0) is 44.4 Å². The van der Waals surface area contributed by atoms with Crippen LogP contribution in [0.5, 0.6) is 0 Å². The van der Waals surface area contributed by atoms with Gasteiger partial charge in [0, 0.05) is 13.7 Å². The van der Waals surface area contributed by atoms with Gasteiger partial charge in [0.05, 0.1) is 0 Å². The first-order chi connectivity index (χ1) is 6.24. The molecule has 1 heteroatoms. The number of rotatable bonds is 4. The summed E-state index contributed by atoms with van der Waals surface area (Å²) >= 11 is 0. The molecule has 0 aliphatic heterocycles. The molecule has 1 rings (SSSR count). The summed E-state index contributed by atoms with van der Waals surface area (Å²) in [5.74, 6) is 1.73. The minimum atomic E-state index is 0.823. The molecule has 76 valence electrons. The van der Waals surface area contributed by atoms with E-state index in [2.05, 4.69) is 19.9 Å². The molecule has 0 spiro atoms. The maximum atomic E-state index is 5.11. The summed E-state index contributed by atoms with van der Waals surface area (Å²) in [6, 6.07) is 0. The molecule has 0 aromatic carbocycles. The molecule has 1 nitrogen and oxygen atoms in total. The summed E-state index contributed by atoms with van der Waals surface area (Å²) in [4.78, 5) is 0. The Bertz CT molecular complexity index is 172. The Morgan fingerprint density at radius 1 is 1.62 bits per heavy atom. The van der Waals surface area contributed by atoms with Crippen LogP contribution in [0.4, 0.5) is 0 Å². The van der Waals surface area contributed by atoms with Gasteiger partial charge in [0.1, 0.15) is 0 Å². The van der Waals surface area contributed by atoms with Crippen molar-refractivity contribution in [3.63, 3.8) is 0 Å². The highest BCUT2D eigenvalue weighted by Gasteiger charge is 2.18. The first kappa shape index (κ1) is 10.8. The van der Waals surface area contributed by atoms with Gasteiger partial charge in [-0.25, -0.2) is 0 Å². The lowest BCUT2D eigenvalue weighted by Gasteiger charge is -2.26. The van der Waals surface area contributed by atoms with E-state index >= 15 is 0 Å². The molecule has 0 saturated heterocycles. The van der Waals surface area contributed by atoms with Gasteiger partial charge in [-0.1, -0.05) is 18.6 Å². The van der Waals surface area contributed by atoms with E-state index in [-0.39, 0.29) is 0 Å². The van der Waals surface area contributed by atoms with Crippen LogP contribution in [0.15, 0.2) is 11.6 Å². The molecule has 0 N–H and O–H groups in total. The second kappa shape index (κ2) is 5.43. The van der Waals surface area contributed by atoms with Crippen LogP contribution in [0.25, 0.3) is 0 Å². The molecule has 1 aliphatic carbocycles. The molecule has 0 heterocycles. The van der Waals surface area contributed by atoms with Crippen LogP contribution < -0.4 is 0 Å². The zero-order valence-corrected chi connectivity index (χ0v) is 9.18. The summed E-state index contributed by atoms with van der Waals surface area (Å²) in [5, 5.41) is 0. The molecule has 0 saturated carbocycles. The van der Waals surface area contributed by atoms with E-state index < -0.39 is 0 Å². The molecular formula is C12H22O. The van der Waals surface area contributed by atoms with Crippen molar-refractivity contribution in [2.45, 2.75) is 39.5 Å². The molecule has 0 aromatic rings. The topological polar surface area (TPSA) is 9.23 Å². The third kappa shape index (κ3) is 3.51. The Morgan fingerprint density at radius 2 is 2.38 bits per heavy atom. The standard InChI is InChI=1S/C12H22O/c1-10-4-6-12(7-5-10)11(2)8-9-13-3/h4,11-12H,5-9H2,1-3H3. The molecule has 0 radical (unpaired) electrons. The Kier molecular flexibility index (Phi) is 4.51. The zero-order valence-electron chi connectivity index (χ0n) is 9.18. The third-order valence-electron chi connectivity index (χ3n) is 3.26. The summed E-state index contributed by atoms with van der Waals surface area (Å²) in [6.07, 6.45) is 7.61. The minimum absolute atomic E-state index is 0.823. The van der Waals surface area contributed by atoms with Crippen LogP contribution >= 0.6 is 0 Å². The van der Waals surface area contributed by atoms with Gasteiger partial charge < -0.3 is 4.74 Å². The predicted octanol–water partition coefficient (Wildman–Crippen LogP) is 3.41. The molecule has 0 bridgehead atoms. The normalized spacial score (nSPS) is 25.5. The van der Waals surface area contributed by atoms with Crippen molar-refractivity contribution in [2.24, 2.45) is 11.8 Å². The maximum absolute atomic E-state index is 5.11. The van der Waals surface area contributed by atoms with Gasteiger partial charge in [-0.3, -0.25) is 0 Å². The zero-order chi connectivity index (χ0) is 9.68. The first-order valence-electron chi connectivity index (χ1n) is 5.38. The maximum Gasteiger partial charge on any atom is 0.0464 e. The monoisotopic (exact) mass is 182 g/mol. The van der Waals surface area contributed by atoms with Crippen molar-refractivity contribution in [3.8, 4) is 0 Å². The quantitative estimate of drug-likeness (QED) is 0.605. The fourth-order valence-corrected chi connectivity index (χ4v) is 2.04. The minimum Gasteiger partial charge on any atom is -0.385 e. The average molecular weight is 182 g/mol. The van der Waals surface area contributed by atoms with E-state index in [4.69, 9.17) is 4.74 Å². The smallest absolute Gasteiger partial charge is 0.0464 e. The molecule has 0 fully saturated rings. The fourth-order valence-electron chi connectivity index (χ4n) is 2.04.